The van der Waals surface area contributed by atoms with Gasteiger partial charge in [0.1, 0.15) is 18.7 Å². The lowest BCUT2D eigenvalue weighted by Crippen LogP contribution is -2.57. The zero-order valence-electron chi connectivity index (χ0n) is 24.4. The molecule has 1 fully saturated rings. The standard InChI is InChI=1S/C32H41N3O6/c1-5-21(2)29(31(39)33(3)27(19-28(36)37)30(38)35-17-11-6-12-18-35)34(4)32(40)41-20-26-24-15-9-7-13-22(24)23-14-8-10-16-25(23)26/h7-10,13-16,21,26-27,29H,5-6,11-12,17-20H2,1-4H3,(H,36,37). The smallest absolute Gasteiger partial charge is 0.410 e. The summed E-state index contributed by atoms with van der Waals surface area (Å²) in [6, 6.07) is 14.1. The Morgan fingerprint density at radius 2 is 1.49 bits per heavy atom. The van der Waals surface area contributed by atoms with E-state index in [1.54, 1.807) is 4.90 Å². The number of carbonyl (C=O) groups excluding carboxylic acids is 3. The fourth-order valence-corrected chi connectivity index (χ4v) is 6.07. The third kappa shape index (κ3) is 6.39. The first-order chi connectivity index (χ1) is 19.6. The molecule has 3 amide bonds. The minimum atomic E-state index is -1.16. The molecular weight excluding hydrogens is 522 g/mol. The predicted molar refractivity (Wildman–Crippen MR) is 155 cm³/mol. The molecule has 9 heteroatoms. The van der Waals surface area contributed by atoms with E-state index in [-0.39, 0.29) is 24.3 Å². The third-order valence-electron chi connectivity index (χ3n) is 8.61. The number of rotatable bonds is 10. The Bertz CT molecular complexity index is 1230. The van der Waals surface area contributed by atoms with Crippen LogP contribution in [0.2, 0.25) is 0 Å². The van der Waals surface area contributed by atoms with Gasteiger partial charge in [0, 0.05) is 33.1 Å². The molecule has 1 N–H and O–H groups in total. The molecule has 1 heterocycles. The monoisotopic (exact) mass is 563 g/mol. The zero-order valence-corrected chi connectivity index (χ0v) is 24.4. The molecule has 3 unspecified atom stereocenters. The number of hydrogen-bond acceptors (Lipinski definition) is 5. The number of benzene rings is 2. The second-order valence-electron chi connectivity index (χ2n) is 11.2. The maximum Gasteiger partial charge on any atom is 0.410 e. The number of fused-ring (bicyclic) bond motifs is 3. The van der Waals surface area contributed by atoms with Crippen LogP contribution in [0.15, 0.2) is 48.5 Å². The van der Waals surface area contributed by atoms with E-state index < -0.39 is 36.5 Å². The fraction of sp³-hybridized carbons (Fsp3) is 0.500. The average Bonchev–Trinajstić information content (AvgIpc) is 3.31. The largest absolute Gasteiger partial charge is 0.481 e. The number of likely N-dealkylation sites (tertiary alicyclic amines) is 1. The van der Waals surface area contributed by atoms with Gasteiger partial charge in [0.15, 0.2) is 0 Å². The van der Waals surface area contributed by atoms with Crippen LogP contribution in [0.1, 0.15) is 63.0 Å². The van der Waals surface area contributed by atoms with Crippen molar-refractivity contribution in [3.63, 3.8) is 0 Å². The van der Waals surface area contributed by atoms with E-state index in [0.29, 0.717) is 19.5 Å². The minimum absolute atomic E-state index is 0.115. The number of piperidine rings is 1. The van der Waals surface area contributed by atoms with Crippen LogP contribution in [0.3, 0.4) is 0 Å². The first-order valence-electron chi connectivity index (χ1n) is 14.5. The van der Waals surface area contributed by atoms with Crippen molar-refractivity contribution in [1.29, 1.82) is 0 Å². The summed E-state index contributed by atoms with van der Waals surface area (Å²) in [5.74, 6) is -2.39. The molecule has 1 saturated heterocycles. The van der Waals surface area contributed by atoms with Crippen LogP contribution >= 0.6 is 0 Å². The highest BCUT2D eigenvalue weighted by Crippen LogP contribution is 2.44. The number of likely N-dealkylation sites (N-methyl/N-ethyl adjacent to an activating group) is 2. The maximum absolute atomic E-state index is 13.9. The highest BCUT2D eigenvalue weighted by molar-refractivity contribution is 5.93. The molecule has 0 bridgehead atoms. The summed E-state index contributed by atoms with van der Waals surface area (Å²) in [5, 5.41) is 9.57. The first-order valence-corrected chi connectivity index (χ1v) is 14.5. The zero-order chi connectivity index (χ0) is 29.7. The van der Waals surface area contributed by atoms with E-state index in [2.05, 4.69) is 12.1 Å². The molecule has 2 aromatic carbocycles. The molecular formula is C32H41N3O6. The highest BCUT2D eigenvalue weighted by Gasteiger charge is 2.40. The Morgan fingerprint density at radius 1 is 0.927 bits per heavy atom. The molecule has 220 valence electrons. The van der Waals surface area contributed by atoms with E-state index in [0.717, 1.165) is 41.5 Å². The molecule has 0 aromatic heterocycles. The van der Waals surface area contributed by atoms with Crippen molar-refractivity contribution < 1.29 is 29.0 Å². The third-order valence-corrected chi connectivity index (χ3v) is 8.61. The van der Waals surface area contributed by atoms with Crippen molar-refractivity contribution in [1.82, 2.24) is 14.7 Å². The highest BCUT2D eigenvalue weighted by atomic mass is 16.6. The second kappa shape index (κ2) is 13.2. The van der Waals surface area contributed by atoms with Gasteiger partial charge in [0.25, 0.3) is 0 Å². The first kappa shape index (κ1) is 30.1. The summed E-state index contributed by atoms with van der Waals surface area (Å²) in [6.07, 6.45) is 2.17. The van der Waals surface area contributed by atoms with Crippen molar-refractivity contribution in [2.45, 2.75) is 64.0 Å². The summed E-state index contributed by atoms with van der Waals surface area (Å²) in [5.41, 5.74) is 4.42. The second-order valence-corrected chi connectivity index (χ2v) is 11.2. The normalized spacial score (nSPS) is 16.6. The van der Waals surface area contributed by atoms with E-state index in [9.17, 15) is 24.3 Å². The van der Waals surface area contributed by atoms with E-state index in [4.69, 9.17) is 4.74 Å². The van der Waals surface area contributed by atoms with Crippen LogP contribution in [0, 0.1) is 5.92 Å². The maximum atomic E-state index is 13.9. The van der Waals surface area contributed by atoms with Crippen LogP contribution in [0.25, 0.3) is 11.1 Å². The van der Waals surface area contributed by atoms with Gasteiger partial charge in [0.2, 0.25) is 11.8 Å². The molecule has 4 rings (SSSR count). The molecule has 2 aliphatic rings. The molecule has 0 saturated carbocycles. The summed E-state index contributed by atoms with van der Waals surface area (Å²) in [4.78, 5) is 56.5. The quantitative estimate of drug-likeness (QED) is 0.453. The molecule has 41 heavy (non-hydrogen) atoms. The molecule has 1 aliphatic carbocycles. The van der Waals surface area contributed by atoms with Gasteiger partial charge in [-0.1, -0.05) is 68.8 Å². The van der Waals surface area contributed by atoms with Gasteiger partial charge in [-0.25, -0.2) is 4.79 Å². The molecule has 9 nitrogen and oxygen atoms in total. The van der Waals surface area contributed by atoms with Crippen molar-refractivity contribution in [2.24, 2.45) is 5.92 Å². The number of nitrogens with zero attached hydrogens (tertiary/aromatic N) is 3. The Balaban J connectivity index is 1.51. The number of hydrogen-bond donors (Lipinski definition) is 1. The van der Waals surface area contributed by atoms with E-state index in [1.165, 1.54) is 23.9 Å². The van der Waals surface area contributed by atoms with Crippen LogP contribution < -0.4 is 0 Å². The summed E-state index contributed by atoms with van der Waals surface area (Å²) in [6.45, 7) is 4.99. The van der Waals surface area contributed by atoms with Crippen LogP contribution in [0.4, 0.5) is 4.79 Å². The van der Waals surface area contributed by atoms with Gasteiger partial charge in [-0.2, -0.15) is 0 Å². The number of aliphatic carboxylic acids is 1. The van der Waals surface area contributed by atoms with E-state index in [1.807, 2.05) is 50.2 Å². The Labute approximate surface area is 242 Å². The van der Waals surface area contributed by atoms with Gasteiger partial charge >= 0.3 is 12.1 Å². The van der Waals surface area contributed by atoms with Gasteiger partial charge < -0.3 is 19.6 Å². The minimum Gasteiger partial charge on any atom is -0.481 e. The van der Waals surface area contributed by atoms with Crippen LogP contribution in [-0.2, 0) is 19.1 Å². The Hall–Kier alpha value is -3.88. The lowest BCUT2D eigenvalue weighted by molar-refractivity contribution is -0.152. The van der Waals surface area contributed by atoms with Gasteiger partial charge in [-0.3, -0.25) is 19.3 Å². The van der Waals surface area contributed by atoms with Crippen LogP contribution in [0.5, 0.6) is 0 Å². The molecule has 3 atom stereocenters. The fourth-order valence-electron chi connectivity index (χ4n) is 6.07. The van der Waals surface area contributed by atoms with Crippen molar-refractivity contribution in [2.75, 3.05) is 33.8 Å². The molecule has 0 spiro atoms. The Morgan fingerprint density at radius 3 is 2.02 bits per heavy atom. The number of carbonyl (C=O) groups is 4. The lowest BCUT2D eigenvalue weighted by atomic mass is 9.95. The number of carboxylic acid groups (broad SMARTS) is 1. The topological polar surface area (TPSA) is 107 Å². The summed E-state index contributed by atoms with van der Waals surface area (Å²) >= 11 is 0. The Kier molecular flexibility index (Phi) is 9.68. The van der Waals surface area contributed by atoms with Gasteiger partial charge in [-0.05, 0) is 47.4 Å². The molecule has 2 aromatic rings. The number of ether oxygens (including phenoxy) is 1. The summed E-state index contributed by atoms with van der Waals surface area (Å²) < 4.78 is 5.82. The van der Waals surface area contributed by atoms with Gasteiger partial charge in [0.05, 0.1) is 6.42 Å². The molecule has 0 radical (unpaired) electrons. The van der Waals surface area contributed by atoms with Crippen molar-refractivity contribution in [3.8, 4) is 11.1 Å². The lowest BCUT2D eigenvalue weighted by Gasteiger charge is -2.38. The van der Waals surface area contributed by atoms with Crippen molar-refractivity contribution in [3.05, 3.63) is 59.7 Å². The number of amides is 3. The predicted octanol–water partition coefficient (Wildman–Crippen LogP) is 4.60. The van der Waals surface area contributed by atoms with Crippen molar-refractivity contribution >= 4 is 23.9 Å². The van der Waals surface area contributed by atoms with E-state index >= 15 is 0 Å². The SMILES string of the molecule is CCC(C)C(C(=O)N(C)C(CC(=O)O)C(=O)N1CCCCC1)N(C)C(=O)OCC1c2ccccc2-c2ccccc21. The molecule has 1 aliphatic heterocycles. The van der Waals surface area contributed by atoms with Crippen LogP contribution in [-0.4, -0.2) is 89.6 Å². The summed E-state index contributed by atoms with van der Waals surface area (Å²) in [7, 11) is 2.98. The average molecular weight is 564 g/mol. The van der Waals surface area contributed by atoms with Gasteiger partial charge in [-0.15, -0.1) is 0 Å². The number of carboxylic acids is 1.